The Morgan fingerprint density at radius 2 is 1.93 bits per heavy atom. The summed E-state index contributed by atoms with van der Waals surface area (Å²) in [5.74, 6) is 0.532. The lowest BCUT2D eigenvalue weighted by molar-refractivity contribution is -0.150. The fourth-order valence-electron chi connectivity index (χ4n) is 4.94. The molecule has 2 amide bonds. The molecular formula is C25H31N3O2. The molecule has 1 saturated carbocycles. The molecule has 1 saturated heterocycles. The van der Waals surface area contributed by atoms with Gasteiger partial charge in [-0.2, -0.15) is 0 Å². The van der Waals surface area contributed by atoms with Crippen molar-refractivity contribution < 1.29 is 9.59 Å². The Balaban J connectivity index is 1.67. The second-order valence-corrected chi connectivity index (χ2v) is 9.05. The maximum Gasteiger partial charge on any atom is 0.230 e. The van der Waals surface area contributed by atoms with Gasteiger partial charge < -0.3 is 9.80 Å². The molecule has 30 heavy (non-hydrogen) atoms. The van der Waals surface area contributed by atoms with Crippen LogP contribution in [0.5, 0.6) is 0 Å². The summed E-state index contributed by atoms with van der Waals surface area (Å²) in [6.07, 6.45) is 9.07. The first-order valence-corrected chi connectivity index (χ1v) is 11.0. The largest absolute Gasteiger partial charge is 0.348 e. The van der Waals surface area contributed by atoms with Crippen molar-refractivity contribution in [2.24, 2.45) is 11.3 Å². The number of carbonyl (C=O) groups excluding carboxylic acids is 2. The number of benzene rings is 1. The maximum absolute atomic E-state index is 13.5. The monoisotopic (exact) mass is 405 g/mol. The van der Waals surface area contributed by atoms with E-state index in [0.717, 1.165) is 55.3 Å². The van der Waals surface area contributed by atoms with E-state index in [-0.39, 0.29) is 17.7 Å². The second kappa shape index (κ2) is 8.58. The number of carbonyl (C=O) groups is 2. The van der Waals surface area contributed by atoms with E-state index in [1.54, 1.807) is 11.1 Å². The minimum atomic E-state index is -0.584. The molecule has 1 aromatic heterocycles. The van der Waals surface area contributed by atoms with E-state index >= 15 is 0 Å². The number of likely N-dealkylation sites (tertiary alicyclic amines) is 1. The van der Waals surface area contributed by atoms with Gasteiger partial charge in [0.05, 0.1) is 5.41 Å². The van der Waals surface area contributed by atoms with E-state index in [4.69, 9.17) is 0 Å². The molecule has 1 atom stereocenters. The SMILES string of the molecule is CN(C)C(=O)C1(Cc2ccccc2-c2cccnc2)CCCN(C(=O)C2CCC2)C1. The van der Waals surface area contributed by atoms with E-state index in [1.165, 1.54) is 0 Å². The van der Waals surface area contributed by atoms with Gasteiger partial charge in [0.15, 0.2) is 0 Å². The highest BCUT2D eigenvalue weighted by Gasteiger charge is 2.45. The molecule has 2 aromatic rings. The fraction of sp³-hybridized carbons (Fsp3) is 0.480. The van der Waals surface area contributed by atoms with Crippen LogP contribution in [0, 0.1) is 11.3 Å². The van der Waals surface area contributed by atoms with E-state index in [0.29, 0.717) is 13.0 Å². The number of piperidine rings is 1. The van der Waals surface area contributed by atoms with Crippen LogP contribution in [0.1, 0.15) is 37.7 Å². The Labute approximate surface area is 179 Å². The van der Waals surface area contributed by atoms with Crippen LogP contribution >= 0.6 is 0 Å². The average molecular weight is 406 g/mol. The van der Waals surface area contributed by atoms with Crippen LogP contribution in [0.15, 0.2) is 48.8 Å². The number of hydrogen-bond donors (Lipinski definition) is 0. The lowest BCUT2D eigenvalue weighted by Crippen LogP contribution is -2.55. The minimum absolute atomic E-state index is 0.120. The first-order valence-electron chi connectivity index (χ1n) is 11.0. The van der Waals surface area contributed by atoms with Crippen molar-refractivity contribution in [1.82, 2.24) is 14.8 Å². The van der Waals surface area contributed by atoms with Gasteiger partial charge in [-0.1, -0.05) is 36.8 Å². The molecule has 4 rings (SSSR count). The lowest BCUT2D eigenvalue weighted by atomic mass is 9.72. The van der Waals surface area contributed by atoms with Crippen molar-refractivity contribution in [3.63, 3.8) is 0 Å². The molecule has 0 N–H and O–H groups in total. The third-order valence-corrected chi connectivity index (χ3v) is 6.72. The molecular weight excluding hydrogens is 374 g/mol. The smallest absolute Gasteiger partial charge is 0.230 e. The molecule has 158 valence electrons. The van der Waals surface area contributed by atoms with Crippen LogP contribution in [0.25, 0.3) is 11.1 Å². The van der Waals surface area contributed by atoms with Crippen molar-refractivity contribution in [2.75, 3.05) is 27.2 Å². The molecule has 5 heteroatoms. The van der Waals surface area contributed by atoms with Crippen molar-refractivity contribution in [2.45, 2.75) is 38.5 Å². The summed E-state index contributed by atoms with van der Waals surface area (Å²) >= 11 is 0. The highest BCUT2D eigenvalue weighted by Crippen LogP contribution is 2.39. The highest BCUT2D eigenvalue weighted by molar-refractivity contribution is 5.86. The summed E-state index contributed by atoms with van der Waals surface area (Å²) in [5.41, 5.74) is 2.72. The van der Waals surface area contributed by atoms with Gasteiger partial charge in [-0.25, -0.2) is 0 Å². The van der Waals surface area contributed by atoms with Gasteiger partial charge >= 0.3 is 0 Å². The number of pyridine rings is 1. The topological polar surface area (TPSA) is 53.5 Å². The molecule has 0 spiro atoms. The number of hydrogen-bond acceptors (Lipinski definition) is 3. The highest BCUT2D eigenvalue weighted by atomic mass is 16.2. The van der Waals surface area contributed by atoms with E-state index in [2.05, 4.69) is 23.2 Å². The van der Waals surface area contributed by atoms with E-state index < -0.39 is 5.41 Å². The quantitative estimate of drug-likeness (QED) is 0.761. The van der Waals surface area contributed by atoms with Gasteiger partial charge in [-0.05, 0) is 49.3 Å². The van der Waals surface area contributed by atoms with Gasteiger partial charge in [0.1, 0.15) is 0 Å². The lowest BCUT2D eigenvalue weighted by Gasteiger charge is -2.45. The van der Waals surface area contributed by atoms with Gasteiger partial charge in [0.2, 0.25) is 11.8 Å². The Morgan fingerprint density at radius 1 is 1.13 bits per heavy atom. The van der Waals surface area contributed by atoms with Crippen molar-refractivity contribution in [3.8, 4) is 11.1 Å². The van der Waals surface area contributed by atoms with Crippen molar-refractivity contribution >= 4 is 11.8 Å². The Hall–Kier alpha value is -2.69. The standard InChI is InChI=1S/C25H31N3O2/c1-27(2)24(30)25(13-7-15-28(18-25)23(29)19-9-5-10-19)16-20-8-3-4-12-22(20)21-11-6-14-26-17-21/h3-4,6,8,11-12,14,17,19H,5,7,9-10,13,15-16,18H2,1-2H3. The molecule has 0 radical (unpaired) electrons. The number of rotatable bonds is 5. The summed E-state index contributed by atoms with van der Waals surface area (Å²) in [4.78, 5) is 34.4. The van der Waals surface area contributed by atoms with E-state index in [9.17, 15) is 9.59 Å². The molecule has 1 aromatic carbocycles. The maximum atomic E-state index is 13.5. The minimum Gasteiger partial charge on any atom is -0.348 e. The summed E-state index contributed by atoms with van der Waals surface area (Å²) in [5, 5.41) is 0. The molecule has 0 bridgehead atoms. The van der Waals surface area contributed by atoms with Crippen LogP contribution in [0.3, 0.4) is 0 Å². The predicted octanol–water partition coefficient (Wildman–Crippen LogP) is 3.79. The Kier molecular flexibility index (Phi) is 5.89. The fourth-order valence-corrected chi connectivity index (χ4v) is 4.94. The zero-order chi connectivity index (χ0) is 21.1. The Morgan fingerprint density at radius 3 is 2.60 bits per heavy atom. The second-order valence-electron chi connectivity index (χ2n) is 9.05. The molecule has 1 aliphatic heterocycles. The van der Waals surface area contributed by atoms with Gasteiger partial charge in [-0.3, -0.25) is 14.6 Å². The van der Waals surface area contributed by atoms with Crippen LogP contribution < -0.4 is 0 Å². The molecule has 2 fully saturated rings. The van der Waals surface area contributed by atoms with Crippen molar-refractivity contribution in [3.05, 3.63) is 54.4 Å². The zero-order valence-corrected chi connectivity index (χ0v) is 18.0. The summed E-state index contributed by atoms with van der Waals surface area (Å²) in [6, 6.07) is 12.3. The van der Waals surface area contributed by atoms with Gasteiger partial charge in [-0.15, -0.1) is 0 Å². The normalized spacial score (nSPS) is 21.7. The molecule has 5 nitrogen and oxygen atoms in total. The number of amides is 2. The average Bonchev–Trinajstić information content (AvgIpc) is 2.73. The third kappa shape index (κ3) is 3.98. The predicted molar refractivity (Wildman–Crippen MR) is 118 cm³/mol. The number of nitrogens with zero attached hydrogens (tertiary/aromatic N) is 3. The van der Waals surface area contributed by atoms with Crippen LogP contribution in [-0.4, -0.2) is 53.8 Å². The summed E-state index contributed by atoms with van der Waals surface area (Å²) < 4.78 is 0. The van der Waals surface area contributed by atoms with Crippen LogP contribution in [-0.2, 0) is 16.0 Å². The summed E-state index contributed by atoms with van der Waals surface area (Å²) in [7, 11) is 3.65. The molecule has 2 aliphatic rings. The zero-order valence-electron chi connectivity index (χ0n) is 18.0. The molecule has 1 aliphatic carbocycles. The first-order chi connectivity index (χ1) is 14.5. The van der Waals surface area contributed by atoms with E-state index in [1.807, 2.05) is 43.4 Å². The number of aromatic nitrogens is 1. The molecule has 2 heterocycles. The Bertz CT molecular complexity index is 908. The van der Waals surface area contributed by atoms with Crippen molar-refractivity contribution in [1.29, 1.82) is 0 Å². The van der Waals surface area contributed by atoms with Crippen LogP contribution in [0.4, 0.5) is 0 Å². The van der Waals surface area contributed by atoms with Gasteiger partial charge in [0.25, 0.3) is 0 Å². The first kappa shape index (κ1) is 20.6. The summed E-state index contributed by atoms with van der Waals surface area (Å²) in [6.45, 7) is 1.28. The van der Waals surface area contributed by atoms with Crippen LogP contribution in [0.2, 0.25) is 0 Å². The molecule has 1 unspecified atom stereocenters. The van der Waals surface area contributed by atoms with Gasteiger partial charge in [0, 0.05) is 51.1 Å². The third-order valence-electron chi connectivity index (χ3n) is 6.72.